The first-order chi connectivity index (χ1) is 7.89. The van der Waals surface area contributed by atoms with Gasteiger partial charge in [0.05, 0.1) is 11.9 Å². The van der Waals surface area contributed by atoms with E-state index in [4.69, 9.17) is 0 Å². The highest BCUT2D eigenvalue weighted by Crippen LogP contribution is 2.20. The molecule has 0 saturated carbocycles. The lowest BCUT2D eigenvalue weighted by Gasteiger charge is -2.28. The molecular formula is C9H15Br2N3O2S. The predicted octanol–water partition coefficient (Wildman–Crippen LogP) is 1.64. The molecule has 0 fully saturated rings. The summed E-state index contributed by atoms with van der Waals surface area (Å²) in [5.74, 6) is 0. The van der Waals surface area contributed by atoms with E-state index in [-0.39, 0.29) is 5.03 Å². The van der Waals surface area contributed by atoms with Crippen LogP contribution in [0.3, 0.4) is 0 Å². The third-order valence-electron chi connectivity index (χ3n) is 2.50. The van der Waals surface area contributed by atoms with Gasteiger partial charge in [0.1, 0.15) is 0 Å². The summed E-state index contributed by atoms with van der Waals surface area (Å²) in [6.45, 7) is 1.93. The zero-order valence-corrected chi connectivity index (χ0v) is 13.6. The molecule has 0 aliphatic carbocycles. The zero-order valence-electron chi connectivity index (χ0n) is 9.65. The zero-order chi connectivity index (χ0) is 13.1. The van der Waals surface area contributed by atoms with Crippen LogP contribution in [0, 0.1) is 0 Å². The number of alkyl halides is 2. The van der Waals surface area contributed by atoms with E-state index in [9.17, 15) is 8.42 Å². The van der Waals surface area contributed by atoms with Crippen molar-refractivity contribution < 1.29 is 8.42 Å². The van der Waals surface area contributed by atoms with E-state index in [2.05, 4.69) is 41.6 Å². The Morgan fingerprint density at radius 3 is 2.41 bits per heavy atom. The van der Waals surface area contributed by atoms with Crippen LogP contribution in [0.25, 0.3) is 0 Å². The van der Waals surface area contributed by atoms with Crippen molar-refractivity contribution in [3.8, 4) is 0 Å². The highest BCUT2D eigenvalue weighted by atomic mass is 79.9. The van der Waals surface area contributed by atoms with Gasteiger partial charge in [-0.15, -0.1) is 0 Å². The Morgan fingerprint density at radius 2 is 2.06 bits per heavy atom. The van der Waals surface area contributed by atoms with Gasteiger partial charge in [-0.3, -0.25) is 0 Å². The van der Waals surface area contributed by atoms with E-state index >= 15 is 0 Å². The molecule has 98 valence electrons. The second kappa shape index (κ2) is 5.81. The van der Waals surface area contributed by atoms with E-state index in [0.29, 0.717) is 17.1 Å². The molecule has 17 heavy (non-hydrogen) atoms. The average Bonchev–Trinajstić information content (AvgIpc) is 2.74. The second-order valence-electron chi connectivity index (χ2n) is 3.88. The van der Waals surface area contributed by atoms with E-state index in [0.717, 1.165) is 0 Å². The van der Waals surface area contributed by atoms with Crippen molar-refractivity contribution in [1.82, 2.24) is 14.3 Å². The minimum atomic E-state index is -3.58. The fraction of sp³-hybridized carbons (Fsp3) is 0.667. The molecule has 0 aliphatic heterocycles. The summed E-state index contributed by atoms with van der Waals surface area (Å²) in [5, 5.41) is 1.11. The Balaban J connectivity index is 3.00. The topological polar surface area (TPSA) is 64.0 Å². The number of rotatable bonds is 6. The van der Waals surface area contributed by atoms with Crippen molar-refractivity contribution in [1.29, 1.82) is 0 Å². The minimum Gasteiger partial charge on any atom is -0.339 e. The quantitative estimate of drug-likeness (QED) is 0.753. The largest absolute Gasteiger partial charge is 0.339 e. The van der Waals surface area contributed by atoms with Gasteiger partial charge in [0.15, 0.2) is 5.03 Å². The normalized spacial score (nSPS) is 12.9. The number of imidazole rings is 1. The molecule has 0 unspecified atom stereocenters. The van der Waals surface area contributed by atoms with Gasteiger partial charge < -0.3 is 4.57 Å². The number of hydrogen-bond acceptors (Lipinski definition) is 3. The van der Waals surface area contributed by atoms with Crippen molar-refractivity contribution in [2.45, 2.75) is 23.9 Å². The fourth-order valence-electron chi connectivity index (χ4n) is 1.22. The van der Waals surface area contributed by atoms with Gasteiger partial charge in [-0.25, -0.2) is 18.1 Å². The summed E-state index contributed by atoms with van der Waals surface area (Å²) in [4.78, 5) is 3.86. The maximum Gasteiger partial charge on any atom is 0.260 e. The first kappa shape index (κ1) is 15.1. The molecule has 1 N–H and O–H groups in total. The fourth-order valence-corrected chi connectivity index (χ4v) is 5.04. The van der Waals surface area contributed by atoms with Gasteiger partial charge in [-0.2, -0.15) is 0 Å². The number of aryl methyl sites for hydroxylation is 1. The molecular weight excluding hydrogens is 374 g/mol. The monoisotopic (exact) mass is 387 g/mol. The molecule has 0 bridgehead atoms. The van der Waals surface area contributed by atoms with Crippen molar-refractivity contribution in [2.75, 3.05) is 10.7 Å². The van der Waals surface area contributed by atoms with E-state index in [1.165, 1.54) is 12.5 Å². The van der Waals surface area contributed by atoms with Crippen LogP contribution in [-0.2, 0) is 17.1 Å². The van der Waals surface area contributed by atoms with E-state index in [1.807, 2.05) is 6.92 Å². The second-order valence-corrected chi connectivity index (χ2v) is 6.63. The van der Waals surface area contributed by atoms with Crippen LogP contribution in [0.4, 0.5) is 0 Å². The van der Waals surface area contributed by atoms with Crippen LogP contribution >= 0.6 is 31.9 Å². The molecule has 8 heteroatoms. The van der Waals surface area contributed by atoms with Crippen molar-refractivity contribution in [2.24, 2.45) is 7.05 Å². The molecule has 1 aromatic heterocycles. The Labute approximate surface area is 118 Å². The van der Waals surface area contributed by atoms with Crippen molar-refractivity contribution >= 4 is 41.9 Å². The maximum atomic E-state index is 12.1. The lowest BCUT2D eigenvalue weighted by Crippen LogP contribution is -2.51. The van der Waals surface area contributed by atoms with Crippen molar-refractivity contribution in [3.63, 3.8) is 0 Å². The standard InChI is InChI=1S/C9H15Br2N3O2S/c1-3-9(5-10,6-11)13-17(15,16)8-4-14(2)7-12-8/h4,7,13H,3,5-6H2,1-2H3. The summed E-state index contributed by atoms with van der Waals surface area (Å²) in [6, 6.07) is 0. The molecule has 0 radical (unpaired) electrons. The molecule has 0 aromatic carbocycles. The molecule has 1 rings (SSSR count). The first-order valence-corrected chi connectivity index (χ1v) is 8.75. The number of nitrogens with zero attached hydrogens (tertiary/aromatic N) is 2. The summed E-state index contributed by atoms with van der Waals surface area (Å²) < 4.78 is 28.5. The predicted molar refractivity (Wildman–Crippen MR) is 74.1 cm³/mol. The Morgan fingerprint density at radius 1 is 1.47 bits per heavy atom. The molecule has 0 amide bonds. The van der Waals surface area contributed by atoms with Gasteiger partial charge in [0.2, 0.25) is 0 Å². The number of sulfonamides is 1. The summed E-state index contributed by atoms with van der Waals surface area (Å²) in [7, 11) is -1.85. The lowest BCUT2D eigenvalue weighted by atomic mass is 10.0. The smallest absolute Gasteiger partial charge is 0.260 e. The van der Waals surface area contributed by atoms with E-state index in [1.54, 1.807) is 11.6 Å². The third kappa shape index (κ3) is 3.52. The number of nitrogens with one attached hydrogen (secondary N) is 1. The molecule has 1 aromatic rings. The minimum absolute atomic E-state index is 0.0414. The van der Waals surface area contributed by atoms with Crippen LogP contribution in [0.1, 0.15) is 13.3 Å². The van der Waals surface area contributed by atoms with Gasteiger partial charge >= 0.3 is 0 Å². The average molecular weight is 389 g/mol. The summed E-state index contributed by atoms with van der Waals surface area (Å²) >= 11 is 6.68. The molecule has 0 atom stereocenters. The SMILES string of the molecule is CCC(CBr)(CBr)NS(=O)(=O)c1cn(C)cn1. The van der Waals surface area contributed by atoms with Crippen LogP contribution in [0.5, 0.6) is 0 Å². The van der Waals surface area contributed by atoms with Crippen LogP contribution in [0.15, 0.2) is 17.6 Å². The van der Waals surface area contributed by atoms with Crippen LogP contribution in [0.2, 0.25) is 0 Å². The van der Waals surface area contributed by atoms with Crippen LogP contribution < -0.4 is 4.72 Å². The molecule has 5 nitrogen and oxygen atoms in total. The van der Waals surface area contributed by atoms with E-state index < -0.39 is 15.6 Å². The third-order valence-corrected chi connectivity index (χ3v) is 6.11. The van der Waals surface area contributed by atoms with Gasteiger partial charge in [0, 0.05) is 23.9 Å². The summed E-state index contributed by atoms with van der Waals surface area (Å²) in [6.07, 6.45) is 3.62. The highest BCUT2D eigenvalue weighted by molar-refractivity contribution is 9.09. The molecule has 1 heterocycles. The van der Waals surface area contributed by atoms with Crippen molar-refractivity contribution in [3.05, 3.63) is 12.5 Å². The van der Waals surface area contributed by atoms with Crippen LogP contribution in [-0.4, -0.2) is 34.2 Å². The highest BCUT2D eigenvalue weighted by Gasteiger charge is 2.32. The molecule has 0 spiro atoms. The van der Waals surface area contributed by atoms with Gasteiger partial charge in [0.25, 0.3) is 10.0 Å². The van der Waals surface area contributed by atoms with Gasteiger partial charge in [-0.05, 0) is 6.42 Å². The Bertz CT molecular complexity index is 460. The number of aromatic nitrogens is 2. The maximum absolute atomic E-state index is 12.1. The Kier molecular flexibility index (Phi) is 5.18. The lowest BCUT2D eigenvalue weighted by molar-refractivity contribution is 0.458. The first-order valence-electron chi connectivity index (χ1n) is 5.03. The Hall–Kier alpha value is 0.0800. The summed E-state index contributed by atoms with van der Waals surface area (Å²) in [5.41, 5.74) is -0.531. The molecule has 0 saturated heterocycles. The van der Waals surface area contributed by atoms with Gasteiger partial charge in [-0.1, -0.05) is 38.8 Å². The number of halogens is 2. The molecule has 0 aliphatic rings. The number of hydrogen-bond donors (Lipinski definition) is 1.